The van der Waals surface area contributed by atoms with E-state index in [1.54, 1.807) is 32.9 Å². The van der Waals surface area contributed by atoms with Crippen LogP contribution in [0.3, 0.4) is 0 Å². The Hall–Kier alpha value is -10.7. The van der Waals surface area contributed by atoms with E-state index in [1.807, 2.05) is 139 Å². The molecule has 0 N–H and O–H groups in total. The average Bonchev–Trinajstić information content (AvgIpc) is 1.52. The molecular weight excluding hydrogens is 1650 g/mol. The van der Waals surface area contributed by atoms with Crippen LogP contribution in [-0.4, -0.2) is 151 Å². The van der Waals surface area contributed by atoms with Crippen molar-refractivity contribution in [2.45, 2.75) is 205 Å². The molecular formula is C106H126N4O20. The average molecular weight is 1780 g/mol. The molecule has 5 heterocycles. The zero-order chi connectivity index (χ0) is 94.7. The van der Waals surface area contributed by atoms with Crippen LogP contribution in [0.4, 0.5) is 0 Å². The first kappa shape index (κ1) is 96.8. The number of amides is 12. The number of benzene rings is 4. The van der Waals surface area contributed by atoms with Gasteiger partial charge in [0, 0.05) is 82.1 Å². The second-order valence-corrected chi connectivity index (χ2v) is 39.5. The van der Waals surface area contributed by atoms with E-state index in [0.717, 1.165) is 97.3 Å². The van der Waals surface area contributed by atoms with Crippen molar-refractivity contribution < 1.29 is 95.8 Å². The number of carbonyl (C=O) groups excluding carboxylic acids is 18. The Balaban J connectivity index is 0.000000156. The Bertz CT molecular complexity index is 5330. The fourth-order valence-electron chi connectivity index (χ4n) is 25.2. The van der Waals surface area contributed by atoms with Gasteiger partial charge in [0.15, 0.2) is 34.7 Å². The van der Waals surface area contributed by atoms with E-state index in [1.165, 1.54) is 27.7 Å². The van der Waals surface area contributed by atoms with Crippen LogP contribution in [0.1, 0.15) is 215 Å². The van der Waals surface area contributed by atoms with Crippen LogP contribution in [0, 0.1) is 177 Å². The quantitative estimate of drug-likeness (QED) is 0.0272. The summed E-state index contributed by atoms with van der Waals surface area (Å²) in [6, 6.07) is 28.8. The minimum Gasteiger partial charge on any atom is -0.378 e. The molecule has 5 aliphatic heterocycles. The van der Waals surface area contributed by atoms with Gasteiger partial charge in [-0.05, 0) is 190 Å². The maximum atomic E-state index is 14.6. The number of ketones is 6. The number of ether oxygens (including phenoxy) is 2. The number of aryl methyl sites for hydroxylation is 5. The summed E-state index contributed by atoms with van der Waals surface area (Å²) in [5.74, 6) is -18.9. The summed E-state index contributed by atoms with van der Waals surface area (Å²) < 4.78 is 11.1. The molecule has 12 fully saturated rings. The Morgan fingerprint density at radius 2 is 0.931 bits per heavy atom. The zero-order valence-corrected chi connectivity index (χ0v) is 77.9. The van der Waals surface area contributed by atoms with Gasteiger partial charge in [-0.2, -0.15) is 0 Å². The highest BCUT2D eigenvalue weighted by Crippen LogP contribution is 2.70. The van der Waals surface area contributed by atoms with Gasteiger partial charge in [-0.3, -0.25) is 86.3 Å². The molecule has 130 heavy (non-hydrogen) atoms. The fraction of sp³-hybridized carbons (Fsp3) is 0.547. The van der Waals surface area contributed by atoms with Crippen LogP contribution >= 0.6 is 0 Å². The largest absolute Gasteiger partial charge is 0.378 e. The first-order valence-corrected chi connectivity index (χ1v) is 46.8. The lowest BCUT2D eigenvalue weighted by atomic mass is 9.58. The van der Waals surface area contributed by atoms with Gasteiger partial charge in [0.2, 0.25) is 70.9 Å². The predicted molar refractivity (Wildman–Crippen MR) is 480 cm³/mol. The van der Waals surface area contributed by atoms with Crippen molar-refractivity contribution in [1.29, 1.82) is 0 Å². The first-order chi connectivity index (χ1) is 61.6. The van der Waals surface area contributed by atoms with E-state index in [4.69, 9.17) is 9.47 Å². The monoisotopic (exact) mass is 1770 g/mol. The molecule has 4 aromatic carbocycles. The van der Waals surface area contributed by atoms with Gasteiger partial charge in [0.1, 0.15) is 23.9 Å². The maximum Gasteiger partial charge on any atom is 0.240 e. The van der Waals surface area contributed by atoms with Crippen LogP contribution in [0.15, 0.2) is 128 Å². The van der Waals surface area contributed by atoms with Crippen molar-refractivity contribution in [3.63, 3.8) is 0 Å². The van der Waals surface area contributed by atoms with Crippen molar-refractivity contribution in [2.24, 2.45) is 142 Å². The van der Waals surface area contributed by atoms with E-state index in [9.17, 15) is 86.3 Å². The number of likely N-dealkylation sites (tertiary alicyclic amines) is 4. The zero-order valence-electron chi connectivity index (χ0n) is 77.9. The van der Waals surface area contributed by atoms with Gasteiger partial charge in [0.05, 0.1) is 48.7 Å². The Morgan fingerprint density at radius 3 is 1.38 bits per heavy atom. The Kier molecular flexibility index (Phi) is 29.3. The molecule has 12 aliphatic rings. The van der Waals surface area contributed by atoms with Gasteiger partial charge in [0.25, 0.3) is 0 Å². The molecule has 690 valence electrons. The number of allylic oxidation sites excluding steroid dienone is 5. The minimum atomic E-state index is -0.954. The first-order valence-electron chi connectivity index (χ1n) is 46.8. The van der Waals surface area contributed by atoms with Gasteiger partial charge < -0.3 is 9.47 Å². The van der Waals surface area contributed by atoms with E-state index in [2.05, 4.69) is 45.6 Å². The SMILES string of the molecule is C=CC(/C=C/C(CC/C=C/CC)C1CC(=O)N(C(C)=O)C1=O)CC.CC(=O)N1C(=O)C(C)C(CC(C)c2ccccc2)C1=O.CC(=O)N1C(=O)C2C3CC(C2C1=O)C(C1C(=O)C(c2ccc(C)cc2C)C(=O)C1C)C3C1C(=O)C(c2ccc(C)cc2)C(=O)C1C.CC(=O)N1C(=O)C2C3CC(C2C1=O)C(C1C(=O)C(c2ccc(C)cc2C)C(=O)C1C)C3CC(C)COCC1CO1. The summed E-state index contributed by atoms with van der Waals surface area (Å²) in [7, 11) is 0. The highest BCUT2D eigenvalue weighted by molar-refractivity contribution is 6.22. The van der Waals surface area contributed by atoms with Gasteiger partial charge in [-0.15, -0.1) is 6.58 Å². The number of nitrogens with zero attached hydrogens (tertiary/aromatic N) is 4. The van der Waals surface area contributed by atoms with Gasteiger partial charge in [-0.1, -0.05) is 193 Å². The van der Waals surface area contributed by atoms with Crippen LogP contribution in [0.2, 0.25) is 0 Å². The number of epoxide rings is 1. The molecule has 5 saturated heterocycles. The van der Waals surface area contributed by atoms with E-state index in [0.29, 0.717) is 43.6 Å². The van der Waals surface area contributed by atoms with E-state index < -0.39 is 160 Å². The molecule has 7 saturated carbocycles. The summed E-state index contributed by atoms with van der Waals surface area (Å²) in [5, 5.41) is 0. The van der Waals surface area contributed by atoms with Gasteiger partial charge >= 0.3 is 0 Å². The molecule has 4 aromatic rings. The molecule has 0 spiro atoms. The van der Waals surface area contributed by atoms with Crippen LogP contribution < -0.4 is 0 Å². The normalized spacial score (nSPS) is 33.1. The summed E-state index contributed by atoms with van der Waals surface area (Å²) in [5.41, 5.74) is 8.08. The van der Waals surface area contributed by atoms with Crippen LogP contribution in [-0.2, 0) is 95.8 Å². The second kappa shape index (κ2) is 39.4. The van der Waals surface area contributed by atoms with Crippen molar-refractivity contribution >= 4 is 106 Å². The van der Waals surface area contributed by atoms with Crippen molar-refractivity contribution in [1.82, 2.24) is 19.6 Å². The summed E-state index contributed by atoms with van der Waals surface area (Å²) >= 11 is 0. The third-order valence-electron chi connectivity index (χ3n) is 31.4. The molecule has 7 aliphatic carbocycles. The van der Waals surface area contributed by atoms with E-state index in [-0.39, 0.29) is 124 Å². The number of fused-ring (bicyclic) bond motifs is 10. The number of rotatable bonds is 24. The number of hydrogen-bond donors (Lipinski definition) is 0. The van der Waals surface area contributed by atoms with E-state index >= 15 is 0 Å². The third-order valence-corrected chi connectivity index (χ3v) is 31.4. The lowest BCUT2D eigenvalue weighted by Gasteiger charge is -2.43. The van der Waals surface area contributed by atoms with Crippen molar-refractivity contribution in [2.75, 3.05) is 19.8 Å². The van der Waals surface area contributed by atoms with Crippen molar-refractivity contribution in [3.8, 4) is 0 Å². The summed E-state index contributed by atoms with van der Waals surface area (Å²) in [4.78, 5) is 238. The molecule has 0 aromatic heterocycles. The van der Waals surface area contributed by atoms with Crippen molar-refractivity contribution in [3.05, 3.63) is 178 Å². The molecule has 16 rings (SSSR count). The van der Waals surface area contributed by atoms with Gasteiger partial charge in [-0.25, -0.2) is 19.6 Å². The lowest BCUT2D eigenvalue weighted by molar-refractivity contribution is -0.152. The topological polar surface area (TPSA) is 342 Å². The summed E-state index contributed by atoms with van der Waals surface area (Å²) in [6.45, 7) is 35.7. The third kappa shape index (κ3) is 17.9. The Labute approximate surface area is 762 Å². The number of carbonyl (C=O) groups is 18. The summed E-state index contributed by atoms with van der Waals surface area (Å²) in [6.07, 6.45) is 16.5. The van der Waals surface area contributed by atoms with Crippen LogP contribution in [0.5, 0.6) is 0 Å². The molecule has 29 unspecified atom stereocenters. The smallest absolute Gasteiger partial charge is 0.240 e. The lowest BCUT2D eigenvalue weighted by Crippen LogP contribution is -2.47. The molecule has 24 nitrogen and oxygen atoms in total. The predicted octanol–water partition coefficient (Wildman–Crippen LogP) is 14.0. The number of imide groups is 12. The highest BCUT2D eigenvalue weighted by atomic mass is 16.6. The number of Topliss-reactive ketones (excluding diaryl/α,β-unsaturated/α-hetero) is 6. The maximum absolute atomic E-state index is 14.6. The molecule has 0 radical (unpaired) electrons. The second-order valence-electron chi connectivity index (χ2n) is 39.5. The fourth-order valence-corrected chi connectivity index (χ4v) is 25.2. The van der Waals surface area contributed by atoms with Crippen LogP contribution in [0.25, 0.3) is 0 Å². The molecule has 29 atom stereocenters. The molecule has 12 amide bonds. The molecule has 24 heteroatoms. The highest BCUT2D eigenvalue weighted by Gasteiger charge is 2.75. The minimum absolute atomic E-state index is 0.00671. The standard InChI is InChI=1S/C38H39NO7.C32H39NO7.C20H29NO3.C16H19NO3/c1-15-7-10-21(11-8-15)27-33(41)18(4)25(35(27)43)28-23-14-24(31-30(23)37(45)39(20(6)40)38(31)46)29(28)26-19(5)34(42)32(36(26)44)22-12-9-16(2)13-17(22)3;1-14-6-7-20(16(3)8-14)28-29(35)17(4)24(30(28)36)25-21(9-15(2)11-39-12-19-13-40-19)22-10-23(25)27-26(22)31(37)33(18(5)34)32(27)38;1-5-8-9-10-11-17(13-12-16(6-2)7-3)18-14-19(23)21(15(4)22)20(18)24;1-10(13-7-5-4-6-8-13)9-14-11(2)15(19)17(12(3)18)16(14)20/h7-13,18-19,23-32H,14H2,1-6H3;6-8,15,17,19,21-28H,9-13H2,1-5H3;6,8-9,12-13,16-18H,2,5,7,10-11,14H2,1,3-4H3;4-8,10-11,14H,9H2,1-3H3/b;;9-8+,13-12+;. The molecule has 4 bridgehead atoms. The number of hydrogen-bond acceptors (Lipinski definition) is 20. The Morgan fingerprint density at radius 1 is 0.485 bits per heavy atom.